The van der Waals surface area contributed by atoms with E-state index < -0.39 is 15.9 Å². The first-order valence-corrected chi connectivity index (χ1v) is 8.38. The third kappa shape index (κ3) is 3.96. The van der Waals surface area contributed by atoms with E-state index >= 15 is 0 Å². The van der Waals surface area contributed by atoms with Crippen LogP contribution >= 0.6 is 0 Å². The lowest BCUT2D eigenvalue weighted by Gasteiger charge is -2.10. The smallest absolute Gasteiger partial charge is 0.199 e. The van der Waals surface area contributed by atoms with Gasteiger partial charge in [-0.05, 0) is 18.6 Å². The Hall–Kier alpha value is -2.06. The summed E-state index contributed by atoms with van der Waals surface area (Å²) in [4.78, 5) is 12.3. The maximum absolute atomic E-state index is 12.3. The van der Waals surface area contributed by atoms with Crippen molar-refractivity contribution in [2.75, 3.05) is 12.0 Å². The molecule has 0 saturated carbocycles. The van der Waals surface area contributed by atoms with Gasteiger partial charge in [0.1, 0.15) is 15.5 Å². The minimum atomic E-state index is -3.15. The SMILES string of the molecule is CS(=O)(=O)CCC(N)C(=O)c1cnnn1-c1ccccc1. The maximum Gasteiger partial charge on any atom is 0.199 e. The highest BCUT2D eigenvalue weighted by Gasteiger charge is 2.22. The van der Waals surface area contributed by atoms with Gasteiger partial charge in [-0.3, -0.25) is 4.79 Å². The van der Waals surface area contributed by atoms with Crippen molar-refractivity contribution in [2.24, 2.45) is 5.73 Å². The summed E-state index contributed by atoms with van der Waals surface area (Å²) < 4.78 is 23.7. The Balaban J connectivity index is 2.19. The predicted octanol–water partition coefficient (Wildman–Crippen LogP) is 0.212. The zero-order valence-corrected chi connectivity index (χ0v) is 12.3. The first-order valence-electron chi connectivity index (χ1n) is 6.32. The molecule has 1 aromatic carbocycles. The summed E-state index contributed by atoms with van der Waals surface area (Å²) in [5.41, 5.74) is 6.71. The second kappa shape index (κ2) is 6.15. The number of rotatable bonds is 6. The molecule has 21 heavy (non-hydrogen) atoms. The van der Waals surface area contributed by atoms with Crippen LogP contribution in [0.15, 0.2) is 36.5 Å². The third-order valence-electron chi connectivity index (χ3n) is 2.94. The van der Waals surface area contributed by atoms with Crippen LogP contribution in [0, 0.1) is 0 Å². The molecular formula is C13H16N4O3S. The normalized spacial score (nSPS) is 13.0. The van der Waals surface area contributed by atoms with Crippen LogP contribution in [0.4, 0.5) is 0 Å². The zero-order valence-electron chi connectivity index (χ0n) is 11.5. The lowest BCUT2D eigenvalue weighted by atomic mass is 10.1. The molecular weight excluding hydrogens is 292 g/mol. The van der Waals surface area contributed by atoms with Gasteiger partial charge in [0.25, 0.3) is 0 Å². The minimum Gasteiger partial charge on any atom is -0.321 e. The van der Waals surface area contributed by atoms with Gasteiger partial charge in [-0.1, -0.05) is 23.4 Å². The van der Waals surface area contributed by atoms with Crippen LogP contribution in [-0.2, 0) is 9.84 Å². The molecule has 0 aliphatic rings. The van der Waals surface area contributed by atoms with Crippen molar-refractivity contribution in [1.29, 1.82) is 0 Å². The van der Waals surface area contributed by atoms with Crippen molar-refractivity contribution < 1.29 is 13.2 Å². The molecule has 1 atom stereocenters. The van der Waals surface area contributed by atoms with E-state index in [9.17, 15) is 13.2 Å². The molecule has 112 valence electrons. The van der Waals surface area contributed by atoms with E-state index in [0.717, 1.165) is 6.26 Å². The molecule has 0 spiro atoms. The van der Waals surface area contributed by atoms with Gasteiger partial charge < -0.3 is 5.73 Å². The highest BCUT2D eigenvalue weighted by molar-refractivity contribution is 7.90. The maximum atomic E-state index is 12.3. The summed E-state index contributed by atoms with van der Waals surface area (Å²) in [6.07, 6.45) is 2.51. The Bertz CT molecular complexity index is 725. The molecule has 2 aromatic rings. The monoisotopic (exact) mass is 308 g/mol. The number of Topliss-reactive ketones (excluding diaryl/α,β-unsaturated/α-hetero) is 1. The van der Waals surface area contributed by atoms with Crippen molar-refractivity contribution in [3.05, 3.63) is 42.2 Å². The number of hydrogen-bond acceptors (Lipinski definition) is 6. The largest absolute Gasteiger partial charge is 0.321 e. The summed E-state index contributed by atoms with van der Waals surface area (Å²) in [5.74, 6) is -0.514. The minimum absolute atomic E-state index is 0.0671. The average Bonchev–Trinajstić information content (AvgIpc) is 2.93. The summed E-state index contributed by atoms with van der Waals surface area (Å²) in [5, 5.41) is 7.60. The summed E-state index contributed by atoms with van der Waals surface area (Å²) >= 11 is 0. The van der Waals surface area contributed by atoms with Crippen LogP contribution in [0.1, 0.15) is 16.9 Å². The molecule has 1 heterocycles. The third-order valence-corrected chi connectivity index (χ3v) is 3.92. The predicted molar refractivity (Wildman–Crippen MR) is 78.0 cm³/mol. The van der Waals surface area contributed by atoms with Crippen LogP contribution in [0.25, 0.3) is 5.69 Å². The van der Waals surface area contributed by atoms with E-state index in [1.54, 1.807) is 12.1 Å². The lowest BCUT2D eigenvalue weighted by molar-refractivity contribution is 0.0952. The highest BCUT2D eigenvalue weighted by Crippen LogP contribution is 2.11. The number of nitrogens with zero attached hydrogens (tertiary/aromatic N) is 3. The number of para-hydroxylation sites is 1. The van der Waals surface area contributed by atoms with Crippen LogP contribution in [0.3, 0.4) is 0 Å². The van der Waals surface area contributed by atoms with Gasteiger partial charge in [0, 0.05) is 6.26 Å². The number of nitrogens with two attached hydrogens (primary N) is 1. The van der Waals surface area contributed by atoms with E-state index in [-0.39, 0.29) is 23.7 Å². The molecule has 0 saturated heterocycles. The fourth-order valence-corrected chi connectivity index (χ4v) is 2.51. The number of carbonyl (C=O) groups excluding carboxylic acids is 1. The van der Waals surface area contributed by atoms with Crippen molar-refractivity contribution in [3.8, 4) is 5.69 Å². The van der Waals surface area contributed by atoms with Crippen molar-refractivity contribution in [3.63, 3.8) is 0 Å². The Kier molecular flexibility index (Phi) is 4.49. The Morgan fingerprint density at radius 3 is 2.62 bits per heavy atom. The number of carbonyl (C=O) groups is 1. The van der Waals surface area contributed by atoms with E-state index in [0.29, 0.717) is 5.69 Å². The van der Waals surface area contributed by atoms with Gasteiger partial charge in [0.05, 0.1) is 23.7 Å². The number of sulfone groups is 1. The number of ketones is 1. The summed E-state index contributed by atoms with van der Waals surface area (Å²) in [6.45, 7) is 0. The van der Waals surface area contributed by atoms with Crippen LogP contribution in [-0.4, -0.2) is 47.2 Å². The lowest BCUT2D eigenvalue weighted by Crippen LogP contribution is -2.33. The van der Waals surface area contributed by atoms with Crippen molar-refractivity contribution in [1.82, 2.24) is 15.0 Å². The van der Waals surface area contributed by atoms with Crippen molar-refractivity contribution in [2.45, 2.75) is 12.5 Å². The summed E-state index contributed by atoms with van der Waals surface area (Å²) in [7, 11) is -3.15. The van der Waals surface area contributed by atoms with Crippen molar-refractivity contribution >= 4 is 15.6 Å². The van der Waals surface area contributed by atoms with Crippen LogP contribution in [0.5, 0.6) is 0 Å². The molecule has 0 bridgehead atoms. The van der Waals surface area contributed by atoms with Gasteiger partial charge in [-0.15, -0.1) is 5.10 Å². The molecule has 0 amide bonds. The molecule has 1 unspecified atom stereocenters. The average molecular weight is 308 g/mol. The molecule has 2 rings (SSSR count). The van der Waals surface area contributed by atoms with E-state index in [1.165, 1.54) is 10.9 Å². The number of benzene rings is 1. The Morgan fingerprint density at radius 1 is 1.33 bits per heavy atom. The van der Waals surface area contributed by atoms with E-state index in [2.05, 4.69) is 10.3 Å². The fraction of sp³-hybridized carbons (Fsp3) is 0.308. The molecule has 0 aliphatic carbocycles. The molecule has 1 aromatic heterocycles. The van der Waals surface area contributed by atoms with Gasteiger partial charge in [-0.2, -0.15) is 0 Å². The van der Waals surface area contributed by atoms with Gasteiger partial charge in [0.15, 0.2) is 5.78 Å². The molecule has 0 fully saturated rings. The van der Waals surface area contributed by atoms with E-state index in [1.807, 2.05) is 18.2 Å². The Morgan fingerprint density at radius 2 is 2.00 bits per heavy atom. The molecule has 7 nitrogen and oxygen atoms in total. The van der Waals surface area contributed by atoms with Crippen LogP contribution < -0.4 is 5.73 Å². The molecule has 8 heteroatoms. The Labute approximate surface area is 122 Å². The van der Waals surface area contributed by atoms with Crippen LogP contribution in [0.2, 0.25) is 0 Å². The highest BCUT2D eigenvalue weighted by atomic mass is 32.2. The van der Waals surface area contributed by atoms with Gasteiger partial charge >= 0.3 is 0 Å². The molecule has 0 radical (unpaired) electrons. The number of aromatic nitrogens is 3. The molecule has 0 aliphatic heterocycles. The van der Waals surface area contributed by atoms with Gasteiger partial charge in [-0.25, -0.2) is 13.1 Å². The summed E-state index contributed by atoms with van der Waals surface area (Å²) in [6, 6.07) is 8.14. The quantitative estimate of drug-likeness (QED) is 0.764. The second-order valence-electron chi connectivity index (χ2n) is 4.76. The van der Waals surface area contributed by atoms with Gasteiger partial charge in [0.2, 0.25) is 0 Å². The first-order chi connectivity index (χ1) is 9.88. The zero-order chi connectivity index (χ0) is 15.5. The standard InChI is InChI=1S/C13H16N4O3S/c1-21(19,20)8-7-11(14)13(18)12-9-15-16-17(12)10-5-3-2-4-6-10/h2-6,9,11H,7-8,14H2,1H3. The fourth-order valence-electron chi connectivity index (χ4n) is 1.83. The second-order valence-corrected chi connectivity index (χ2v) is 7.02. The van der Waals surface area contributed by atoms with E-state index in [4.69, 9.17) is 5.73 Å². The topological polar surface area (TPSA) is 108 Å². The number of hydrogen-bond donors (Lipinski definition) is 1. The molecule has 2 N–H and O–H groups in total. The first kappa shape index (κ1) is 15.3.